The zero-order valence-electron chi connectivity index (χ0n) is 18.5. The lowest BCUT2D eigenvalue weighted by molar-refractivity contribution is -0.534. The highest BCUT2D eigenvalue weighted by Gasteiger charge is 2.68. The average molecular weight is 444 g/mol. The van der Waals surface area contributed by atoms with Gasteiger partial charge in [0, 0.05) is 22.7 Å². The molecule has 7 nitrogen and oxygen atoms in total. The number of rotatable bonds is 5. The number of carbonyl (C=O) groups excluding carboxylic acids is 1. The Morgan fingerprint density at radius 3 is 2.48 bits per heavy atom. The molecule has 0 aromatic heterocycles. The van der Waals surface area contributed by atoms with Gasteiger partial charge in [0.15, 0.2) is 5.54 Å². The first-order chi connectivity index (χ1) is 15.9. The Labute approximate surface area is 192 Å². The van der Waals surface area contributed by atoms with E-state index in [2.05, 4.69) is 5.32 Å². The second kappa shape index (κ2) is 8.01. The molecule has 2 aliphatic rings. The molecule has 33 heavy (non-hydrogen) atoms. The first-order valence-corrected chi connectivity index (χ1v) is 10.9. The van der Waals surface area contributed by atoms with Gasteiger partial charge in [-0.1, -0.05) is 60.2 Å². The molecular formula is C26H25N3O4. The average Bonchev–Trinajstić information content (AvgIpc) is 3.29. The fourth-order valence-electron chi connectivity index (χ4n) is 5.24. The van der Waals surface area contributed by atoms with Gasteiger partial charge in [0.2, 0.25) is 0 Å². The van der Waals surface area contributed by atoms with E-state index in [0.717, 1.165) is 11.1 Å². The maximum atomic E-state index is 13.2. The molecule has 1 fully saturated rings. The maximum Gasteiger partial charge on any atom is 0.256 e. The van der Waals surface area contributed by atoms with Crippen LogP contribution in [-0.2, 0) is 16.9 Å². The van der Waals surface area contributed by atoms with Crippen LogP contribution >= 0.6 is 0 Å². The van der Waals surface area contributed by atoms with Gasteiger partial charge in [0.25, 0.3) is 11.9 Å². The Bertz CT molecular complexity index is 1210. The van der Waals surface area contributed by atoms with Gasteiger partial charge in [-0.15, -0.1) is 0 Å². The first kappa shape index (κ1) is 21.2. The van der Waals surface area contributed by atoms with Crippen molar-refractivity contribution >= 4 is 11.6 Å². The molecule has 5 rings (SSSR count). The highest BCUT2D eigenvalue weighted by molar-refractivity contribution is 6.06. The van der Waals surface area contributed by atoms with E-state index >= 15 is 0 Å². The SMILES string of the molecule is Cc1ccc(COc2ccc([C@@H]3CN(C)[C@]4(C(=O)Nc5ccccc54)[C@@H]3[N+](=O)[O-])cc2)cc1. The number of amides is 1. The van der Waals surface area contributed by atoms with Gasteiger partial charge in [-0.3, -0.25) is 19.8 Å². The lowest BCUT2D eigenvalue weighted by Crippen LogP contribution is -2.54. The van der Waals surface area contributed by atoms with E-state index in [9.17, 15) is 14.9 Å². The first-order valence-electron chi connectivity index (χ1n) is 10.9. The predicted octanol–water partition coefficient (Wildman–Crippen LogP) is 4.10. The summed E-state index contributed by atoms with van der Waals surface area (Å²) in [7, 11) is 1.79. The Morgan fingerprint density at radius 2 is 1.79 bits per heavy atom. The number of likely N-dealkylation sites (tertiary alicyclic amines) is 1. The summed E-state index contributed by atoms with van der Waals surface area (Å²) in [4.78, 5) is 27.1. The van der Waals surface area contributed by atoms with Crippen molar-refractivity contribution in [3.05, 3.63) is 105 Å². The Kier molecular flexibility index (Phi) is 5.13. The standard InChI is InChI=1S/C26H25N3O4/c1-17-7-9-18(10-8-17)16-33-20-13-11-19(12-14-20)21-15-28(2)26(24(21)29(31)32)22-5-3-4-6-23(22)27-25(26)30/h3-14,21,24H,15-16H2,1-2H3,(H,27,30)/t21-,24+,26-/m0/s1. The Morgan fingerprint density at radius 1 is 1.09 bits per heavy atom. The number of para-hydroxylation sites is 1. The number of fused-ring (bicyclic) bond motifs is 2. The number of hydrogen-bond acceptors (Lipinski definition) is 5. The van der Waals surface area contributed by atoms with E-state index in [0.29, 0.717) is 30.2 Å². The van der Waals surface area contributed by atoms with Crippen LogP contribution in [0.1, 0.15) is 28.2 Å². The van der Waals surface area contributed by atoms with Crippen molar-refractivity contribution in [3.63, 3.8) is 0 Å². The summed E-state index contributed by atoms with van der Waals surface area (Å²) in [5.74, 6) is -0.0801. The number of nitro groups is 1. The number of benzene rings is 3. The van der Waals surface area contributed by atoms with Gasteiger partial charge in [-0.25, -0.2) is 0 Å². The molecule has 0 bridgehead atoms. The van der Waals surface area contributed by atoms with E-state index in [1.54, 1.807) is 13.1 Å². The lowest BCUT2D eigenvalue weighted by atomic mass is 9.79. The molecule has 3 aromatic rings. The number of carbonyl (C=O) groups is 1. The zero-order valence-corrected chi connectivity index (χ0v) is 18.5. The third kappa shape index (κ3) is 3.36. The highest BCUT2D eigenvalue weighted by atomic mass is 16.6. The van der Waals surface area contributed by atoms with Crippen molar-refractivity contribution in [3.8, 4) is 5.75 Å². The van der Waals surface area contributed by atoms with Crippen molar-refractivity contribution in [2.24, 2.45) is 0 Å². The number of nitrogens with zero attached hydrogens (tertiary/aromatic N) is 2. The van der Waals surface area contributed by atoms with E-state index in [4.69, 9.17) is 4.74 Å². The fourth-order valence-corrected chi connectivity index (χ4v) is 5.24. The Hall–Kier alpha value is -3.71. The van der Waals surface area contributed by atoms with Crippen LogP contribution < -0.4 is 10.1 Å². The molecule has 1 amide bonds. The largest absolute Gasteiger partial charge is 0.489 e. The second-order valence-corrected chi connectivity index (χ2v) is 8.83. The van der Waals surface area contributed by atoms with Crippen LogP contribution in [0.5, 0.6) is 5.75 Å². The summed E-state index contributed by atoms with van der Waals surface area (Å²) < 4.78 is 5.89. The molecule has 1 spiro atoms. The van der Waals surface area contributed by atoms with Crippen molar-refractivity contribution < 1.29 is 14.5 Å². The van der Waals surface area contributed by atoms with Crippen LogP contribution in [0.4, 0.5) is 5.69 Å². The van der Waals surface area contributed by atoms with E-state index in [-0.39, 0.29) is 10.8 Å². The van der Waals surface area contributed by atoms with Gasteiger partial charge >= 0.3 is 0 Å². The Balaban J connectivity index is 1.42. The van der Waals surface area contributed by atoms with E-state index in [1.807, 2.05) is 78.6 Å². The van der Waals surface area contributed by atoms with Gasteiger partial charge in [-0.05, 0) is 43.3 Å². The number of ether oxygens (including phenoxy) is 1. The normalized spacial score (nSPS) is 24.0. The van der Waals surface area contributed by atoms with Crippen molar-refractivity contribution in [2.75, 3.05) is 18.9 Å². The lowest BCUT2D eigenvalue weighted by Gasteiger charge is -2.30. The summed E-state index contributed by atoms with van der Waals surface area (Å²) in [5, 5.41) is 15.2. The molecule has 1 N–H and O–H groups in total. The minimum Gasteiger partial charge on any atom is -0.489 e. The number of aryl methyl sites for hydroxylation is 1. The molecule has 7 heteroatoms. The summed E-state index contributed by atoms with van der Waals surface area (Å²) in [5.41, 5.74) is 3.07. The van der Waals surface area contributed by atoms with Gasteiger partial charge in [0.05, 0.1) is 5.92 Å². The number of nitrogens with one attached hydrogen (secondary N) is 1. The van der Waals surface area contributed by atoms with Crippen LogP contribution in [-0.4, -0.2) is 35.4 Å². The molecule has 3 aromatic carbocycles. The quantitative estimate of drug-likeness (QED) is 0.474. The molecule has 168 valence electrons. The molecule has 0 aliphatic carbocycles. The molecule has 3 atom stereocenters. The minimum atomic E-state index is -1.33. The van der Waals surface area contributed by atoms with E-state index in [1.165, 1.54) is 5.56 Å². The molecule has 2 aliphatic heterocycles. The molecule has 0 saturated carbocycles. The number of anilines is 1. The molecule has 2 heterocycles. The number of hydrogen-bond donors (Lipinski definition) is 1. The monoisotopic (exact) mass is 443 g/mol. The summed E-state index contributed by atoms with van der Waals surface area (Å²) in [6.07, 6.45) is 0. The molecule has 1 saturated heterocycles. The van der Waals surface area contributed by atoms with Crippen LogP contribution in [0.15, 0.2) is 72.8 Å². The van der Waals surface area contributed by atoms with E-state index < -0.39 is 17.5 Å². The van der Waals surface area contributed by atoms with Crippen molar-refractivity contribution in [1.29, 1.82) is 0 Å². The van der Waals surface area contributed by atoms with Crippen LogP contribution in [0, 0.1) is 17.0 Å². The molecular weight excluding hydrogens is 418 g/mol. The third-order valence-electron chi connectivity index (χ3n) is 6.88. The summed E-state index contributed by atoms with van der Waals surface area (Å²) in [6.45, 7) is 2.89. The van der Waals surface area contributed by atoms with Crippen LogP contribution in [0.25, 0.3) is 0 Å². The van der Waals surface area contributed by atoms with Crippen molar-refractivity contribution in [2.45, 2.75) is 31.0 Å². The predicted molar refractivity (Wildman–Crippen MR) is 125 cm³/mol. The smallest absolute Gasteiger partial charge is 0.256 e. The van der Waals surface area contributed by atoms with Crippen molar-refractivity contribution in [1.82, 2.24) is 4.90 Å². The van der Waals surface area contributed by atoms with Crippen LogP contribution in [0.3, 0.4) is 0 Å². The summed E-state index contributed by atoms with van der Waals surface area (Å²) >= 11 is 0. The maximum absolute atomic E-state index is 13.2. The van der Waals surface area contributed by atoms with Crippen LogP contribution in [0.2, 0.25) is 0 Å². The summed E-state index contributed by atoms with van der Waals surface area (Å²) in [6, 6.07) is 21.7. The second-order valence-electron chi connectivity index (χ2n) is 8.83. The zero-order chi connectivity index (χ0) is 23.2. The van der Waals surface area contributed by atoms with Gasteiger partial charge < -0.3 is 10.1 Å². The fraction of sp³-hybridized carbons (Fsp3) is 0.269. The van der Waals surface area contributed by atoms with Gasteiger partial charge in [-0.2, -0.15) is 0 Å². The molecule has 0 unspecified atom stereocenters. The minimum absolute atomic E-state index is 0.294. The third-order valence-corrected chi connectivity index (χ3v) is 6.88. The molecule has 0 radical (unpaired) electrons. The topological polar surface area (TPSA) is 84.7 Å². The van der Waals surface area contributed by atoms with Gasteiger partial charge in [0.1, 0.15) is 12.4 Å². The highest BCUT2D eigenvalue weighted by Crippen LogP contribution is 2.51. The number of likely N-dealkylation sites (N-methyl/N-ethyl adjacent to an activating group) is 1.